The standard InChI is InChI=1S/C8H8ClNOS2/c9-4-8(11)5-13-7(10-8)6-2-1-3-12-6/h1-3,11H,4-5H2. The molecule has 1 unspecified atom stereocenters. The highest BCUT2D eigenvalue weighted by Crippen LogP contribution is 2.31. The van der Waals surface area contributed by atoms with Crippen molar-refractivity contribution in [3.63, 3.8) is 0 Å². The summed E-state index contributed by atoms with van der Waals surface area (Å²) in [5, 5.41) is 12.6. The molecule has 70 valence electrons. The zero-order chi connectivity index (χ0) is 9.31. The highest BCUT2D eigenvalue weighted by atomic mass is 35.5. The minimum absolute atomic E-state index is 0.162. The van der Waals surface area contributed by atoms with Gasteiger partial charge in [-0.05, 0) is 11.4 Å². The fourth-order valence-corrected chi connectivity index (χ4v) is 3.21. The summed E-state index contributed by atoms with van der Waals surface area (Å²) in [5.74, 6) is 0.721. The molecule has 0 aliphatic carbocycles. The molecule has 1 N–H and O–H groups in total. The van der Waals surface area contributed by atoms with Crippen LogP contribution in [0.2, 0.25) is 0 Å². The molecule has 0 amide bonds. The van der Waals surface area contributed by atoms with Crippen molar-refractivity contribution >= 4 is 39.7 Å². The molecule has 1 aliphatic rings. The molecule has 0 spiro atoms. The Morgan fingerprint density at radius 1 is 1.69 bits per heavy atom. The highest BCUT2D eigenvalue weighted by molar-refractivity contribution is 8.15. The largest absolute Gasteiger partial charge is 0.367 e. The van der Waals surface area contributed by atoms with Crippen LogP contribution in [0.3, 0.4) is 0 Å². The van der Waals surface area contributed by atoms with Gasteiger partial charge in [-0.15, -0.1) is 34.7 Å². The summed E-state index contributed by atoms with van der Waals surface area (Å²) < 4.78 is 0. The number of rotatable bonds is 2. The predicted octanol–water partition coefficient (Wildman–Crippen LogP) is 2.17. The molecule has 13 heavy (non-hydrogen) atoms. The normalized spacial score (nSPS) is 27.7. The van der Waals surface area contributed by atoms with Gasteiger partial charge in [0.2, 0.25) is 0 Å². The van der Waals surface area contributed by atoms with E-state index in [1.54, 1.807) is 23.1 Å². The lowest BCUT2D eigenvalue weighted by atomic mass is 10.3. The second-order valence-electron chi connectivity index (χ2n) is 2.80. The van der Waals surface area contributed by atoms with Crippen LogP contribution in [0.15, 0.2) is 22.5 Å². The van der Waals surface area contributed by atoms with Crippen molar-refractivity contribution in [1.29, 1.82) is 0 Å². The number of aliphatic imine (C=N–C) groups is 1. The third-order valence-electron chi connectivity index (χ3n) is 1.70. The minimum atomic E-state index is -1.05. The van der Waals surface area contributed by atoms with Crippen LogP contribution in [0.4, 0.5) is 0 Å². The second-order valence-corrected chi connectivity index (χ2v) is 4.98. The first-order valence-corrected chi connectivity index (χ1v) is 6.18. The minimum Gasteiger partial charge on any atom is -0.367 e. The van der Waals surface area contributed by atoms with Crippen molar-refractivity contribution in [3.8, 4) is 0 Å². The van der Waals surface area contributed by atoms with Crippen molar-refractivity contribution < 1.29 is 5.11 Å². The van der Waals surface area contributed by atoms with Gasteiger partial charge in [0.15, 0.2) is 5.72 Å². The van der Waals surface area contributed by atoms with Gasteiger partial charge in [0.05, 0.1) is 16.5 Å². The molecule has 0 saturated heterocycles. The van der Waals surface area contributed by atoms with E-state index in [4.69, 9.17) is 11.6 Å². The van der Waals surface area contributed by atoms with E-state index < -0.39 is 5.72 Å². The highest BCUT2D eigenvalue weighted by Gasteiger charge is 2.32. The van der Waals surface area contributed by atoms with Gasteiger partial charge in [0.25, 0.3) is 0 Å². The van der Waals surface area contributed by atoms with Crippen LogP contribution in [0.25, 0.3) is 0 Å². The zero-order valence-corrected chi connectivity index (χ0v) is 9.12. The molecule has 0 saturated carbocycles. The average Bonchev–Trinajstić information content (AvgIpc) is 2.73. The van der Waals surface area contributed by atoms with Gasteiger partial charge < -0.3 is 5.11 Å². The average molecular weight is 234 g/mol. The number of thioether (sulfide) groups is 1. The molecular weight excluding hydrogens is 226 g/mol. The van der Waals surface area contributed by atoms with Gasteiger partial charge in [0, 0.05) is 0 Å². The molecule has 5 heteroatoms. The van der Waals surface area contributed by atoms with Crippen molar-refractivity contribution in [2.24, 2.45) is 4.99 Å². The van der Waals surface area contributed by atoms with Gasteiger partial charge in [-0.3, -0.25) is 0 Å². The number of hydrogen-bond donors (Lipinski definition) is 1. The van der Waals surface area contributed by atoms with Crippen LogP contribution in [-0.4, -0.2) is 27.5 Å². The van der Waals surface area contributed by atoms with E-state index >= 15 is 0 Å². The van der Waals surface area contributed by atoms with Gasteiger partial charge in [0.1, 0.15) is 5.04 Å². The number of nitrogens with zero attached hydrogens (tertiary/aromatic N) is 1. The fraction of sp³-hybridized carbons (Fsp3) is 0.375. The number of alkyl halides is 1. The van der Waals surface area contributed by atoms with E-state index in [1.807, 2.05) is 17.5 Å². The molecule has 2 nitrogen and oxygen atoms in total. The number of hydrogen-bond acceptors (Lipinski definition) is 4. The van der Waals surface area contributed by atoms with Crippen molar-refractivity contribution in [2.45, 2.75) is 5.72 Å². The van der Waals surface area contributed by atoms with Crippen molar-refractivity contribution in [2.75, 3.05) is 11.6 Å². The molecule has 1 aromatic heterocycles. The maximum atomic E-state index is 9.73. The topological polar surface area (TPSA) is 32.6 Å². The molecule has 2 rings (SSSR count). The van der Waals surface area contributed by atoms with Crippen LogP contribution >= 0.6 is 34.7 Å². The number of thiophene rings is 1. The van der Waals surface area contributed by atoms with E-state index in [-0.39, 0.29) is 5.88 Å². The maximum Gasteiger partial charge on any atom is 0.180 e. The molecule has 0 bridgehead atoms. The Labute approximate surface area is 89.6 Å². The van der Waals surface area contributed by atoms with E-state index in [0.29, 0.717) is 5.75 Å². The van der Waals surface area contributed by atoms with Crippen molar-refractivity contribution in [1.82, 2.24) is 0 Å². The van der Waals surface area contributed by atoms with Crippen LogP contribution in [0.1, 0.15) is 4.88 Å². The van der Waals surface area contributed by atoms with Crippen LogP contribution in [0, 0.1) is 0 Å². The summed E-state index contributed by atoms with van der Waals surface area (Å²) in [5.41, 5.74) is -1.05. The number of halogens is 1. The Hall–Kier alpha value is -0.0300. The first-order valence-electron chi connectivity index (χ1n) is 3.78. The molecule has 0 radical (unpaired) electrons. The maximum absolute atomic E-state index is 9.73. The Kier molecular flexibility index (Phi) is 2.65. The van der Waals surface area contributed by atoms with Gasteiger partial charge >= 0.3 is 0 Å². The lowest BCUT2D eigenvalue weighted by molar-refractivity contribution is 0.103. The molecular formula is C8H8ClNOS2. The number of aliphatic hydroxyl groups is 1. The summed E-state index contributed by atoms with van der Waals surface area (Å²) in [6.45, 7) is 0. The third-order valence-corrected chi connectivity index (χ3v) is 4.32. The summed E-state index contributed by atoms with van der Waals surface area (Å²) in [7, 11) is 0. The predicted molar refractivity (Wildman–Crippen MR) is 59.0 cm³/mol. The van der Waals surface area contributed by atoms with Crippen LogP contribution < -0.4 is 0 Å². The lowest BCUT2D eigenvalue weighted by Gasteiger charge is -2.12. The molecule has 1 aromatic rings. The van der Waals surface area contributed by atoms with Crippen LogP contribution in [-0.2, 0) is 0 Å². The second kappa shape index (κ2) is 3.61. The summed E-state index contributed by atoms with van der Waals surface area (Å²) in [4.78, 5) is 5.30. The first-order chi connectivity index (χ1) is 6.23. The van der Waals surface area contributed by atoms with Crippen molar-refractivity contribution in [3.05, 3.63) is 22.4 Å². The Morgan fingerprint density at radius 3 is 3.08 bits per heavy atom. The molecule has 1 atom stereocenters. The summed E-state index contributed by atoms with van der Waals surface area (Å²) in [6, 6.07) is 3.97. The smallest absolute Gasteiger partial charge is 0.180 e. The summed E-state index contributed by atoms with van der Waals surface area (Å²) >= 11 is 8.79. The quantitative estimate of drug-likeness (QED) is 0.795. The third kappa shape index (κ3) is 1.91. The monoisotopic (exact) mass is 233 g/mol. The van der Waals surface area contributed by atoms with Gasteiger partial charge in [-0.25, -0.2) is 4.99 Å². The van der Waals surface area contributed by atoms with E-state index in [2.05, 4.69) is 4.99 Å². The Bertz CT molecular complexity index is 325. The molecule has 0 fully saturated rings. The van der Waals surface area contributed by atoms with Crippen LogP contribution in [0.5, 0.6) is 0 Å². The van der Waals surface area contributed by atoms with Gasteiger partial charge in [-0.1, -0.05) is 6.07 Å². The lowest BCUT2D eigenvalue weighted by Crippen LogP contribution is -2.28. The van der Waals surface area contributed by atoms with E-state index in [1.165, 1.54) is 0 Å². The van der Waals surface area contributed by atoms with Gasteiger partial charge in [-0.2, -0.15) is 0 Å². The SMILES string of the molecule is OC1(CCl)CSC(c2cccs2)=N1. The zero-order valence-electron chi connectivity index (χ0n) is 6.74. The Morgan fingerprint density at radius 2 is 2.54 bits per heavy atom. The van der Waals surface area contributed by atoms with E-state index in [0.717, 1.165) is 9.92 Å². The molecule has 1 aliphatic heterocycles. The Balaban J connectivity index is 2.24. The molecule has 2 heterocycles. The fourth-order valence-electron chi connectivity index (χ4n) is 1.03. The molecule has 0 aromatic carbocycles. The van der Waals surface area contributed by atoms with E-state index in [9.17, 15) is 5.11 Å². The summed E-state index contributed by atoms with van der Waals surface area (Å²) in [6.07, 6.45) is 0. The first kappa shape index (κ1) is 9.52.